The van der Waals surface area contributed by atoms with Crippen LogP contribution in [0.3, 0.4) is 0 Å². The number of rotatable bonds is 8. The van der Waals surface area contributed by atoms with Gasteiger partial charge in [-0.2, -0.15) is 10.4 Å². The van der Waals surface area contributed by atoms with Crippen LogP contribution in [-0.2, 0) is 16.4 Å². The molecule has 0 aliphatic heterocycles. The number of para-hydroxylation sites is 1. The van der Waals surface area contributed by atoms with Crippen molar-refractivity contribution in [2.45, 2.75) is 11.5 Å². The van der Waals surface area contributed by atoms with Crippen molar-refractivity contribution in [2.75, 3.05) is 0 Å². The van der Waals surface area contributed by atoms with Crippen molar-refractivity contribution >= 4 is 15.9 Å². The average Bonchev–Trinajstić information content (AvgIpc) is 3.40. The molecular formula is C31H22FN3O3S. The van der Waals surface area contributed by atoms with Crippen LogP contribution in [0.2, 0.25) is 0 Å². The number of sulfone groups is 1. The van der Waals surface area contributed by atoms with Gasteiger partial charge in [0.05, 0.1) is 10.6 Å². The molecule has 0 aliphatic carbocycles. The van der Waals surface area contributed by atoms with Gasteiger partial charge < -0.3 is 4.74 Å². The van der Waals surface area contributed by atoms with E-state index in [1.807, 2.05) is 42.5 Å². The predicted octanol–water partition coefficient (Wildman–Crippen LogP) is 6.60. The van der Waals surface area contributed by atoms with Crippen LogP contribution >= 0.6 is 0 Å². The number of hydrogen-bond donors (Lipinski definition) is 0. The number of benzene rings is 4. The molecule has 0 saturated heterocycles. The molecule has 5 rings (SSSR count). The average molecular weight is 536 g/mol. The SMILES string of the molecule is N#CC(=Cc1cn(-c2ccccc2)nc1-c1cccc(OCc2ccccc2F)c1)S(=O)(=O)c1ccccc1. The fourth-order valence-electron chi connectivity index (χ4n) is 3.98. The van der Waals surface area contributed by atoms with E-state index in [4.69, 9.17) is 9.84 Å². The van der Waals surface area contributed by atoms with Crippen molar-refractivity contribution in [3.8, 4) is 28.8 Å². The van der Waals surface area contributed by atoms with Crippen LogP contribution in [0.15, 0.2) is 125 Å². The lowest BCUT2D eigenvalue weighted by atomic mass is 10.1. The Labute approximate surface area is 225 Å². The van der Waals surface area contributed by atoms with Gasteiger partial charge in [0.15, 0.2) is 0 Å². The maximum absolute atomic E-state index is 14.1. The summed E-state index contributed by atoms with van der Waals surface area (Å²) in [5, 5.41) is 14.6. The number of halogens is 1. The maximum Gasteiger partial charge on any atom is 0.216 e. The summed E-state index contributed by atoms with van der Waals surface area (Å²) in [6.07, 6.45) is 3.01. The Morgan fingerprint density at radius 3 is 2.33 bits per heavy atom. The Morgan fingerprint density at radius 2 is 1.62 bits per heavy atom. The minimum absolute atomic E-state index is 0.0262. The van der Waals surface area contributed by atoms with Crippen LogP contribution in [0.4, 0.5) is 4.39 Å². The molecule has 0 saturated carbocycles. The van der Waals surface area contributed by atoms with Gasteiger partial charge in [0.2, 0.25) is 9.84 Å². The second-order valence-corrected chi connectivity index (χ2v) is 10.5. The van der Waals surface area contributed by atoms with E-state index in [0.29, 0.717) is 28.1 Å². The molecule has 0 unspecified atom stereocenters. The van der Waals surface area contributed by atoms with E-state index >= 15 is 0 Å². The molecule has 0 aliphatic rings. The van der Waals surface area contributed by atoms with Crippen LogP contribution in [-0.4, -0.2) is 18.2 Å². The third kappa shape index (κ3) is 5.64. The minimum Gasteiger partial charge on any atom is -0.489 e. The first-order valence-corrected chi connectivity index (χ1v) is 13.5. The van der Waals surface area contributed by atoms with Crippen molar-refractivity contribution in [1.29, 1.82) is 5.26 Å². The largest absolute Gasteiger partial charge is 0.489 e. The van der Waals surface area contributed by atoms with Crippen LogP contribution in [0.1, 0.15) is 11.1 Å². The molecule has 0 N–H and O–H groups in total. The van der Waals surface area contributed by atoms with Crippen LogP contribution in [0, 0.1) is 17.1 Å². The second kappa shape index (κ2) is 11.2. The Balaban J connectivity index is 1.57. The highest BCUT2D eigenvalue weighted by molar-refractivity contribution is 7.95. The van der Waals surface area contributed by atoms with Gasteiger partial charge in [-0.05, 0) is 48.5 Å². The highest BCUT2D eigenvalue weighted by Gasteiger charge is 2.22. The summed E-state index contributed by atoms with van der Waals surface area (Å²) in [5.74, 6) is 0.128. The molecule has 192 valence electrons. The molecule has 0 atom stereocenters. The fourth-order valence-corrected chi connectivity index (χ4v) is 5.15. The molecule has 4 aromatic carbocycles. The lowest BCUT2D eigenvalue weighted by molar-refractivity contribution is 0.300. The van der Waals surface area contributed by atoms with Gasteiger partial charge in [0, 0.05) is 22.9 Å². The number of nitrogens with zero attached hydrogens (tertiary/aromatic N) is 3. The summed E-state index contributed by atoms with van der Waals surface area (Å²) in [4.78, 5) is -0.382. The standard InChI is InChI=1S/C31H22FN3O3S/c32-30-17-8-7-10-24(30)22-38-27-14-9-11-23(18-27)31-25(21-35(34-31)26-12-3-1-4-13-26)19-29(20-33)39(36,37)28-15-5-2-6-16-28/h1-19,21H,22H2. The molecule has 0 amide bonds. The van der Waals surface area contributed by atoms with Gasteiger partial charge in [-0.3, -0.25) is 0 Å². The smallest absolute Gasteiger partial charge is 0.216 e. The molecule has 0 fully saturated rings. The molecule has 8 heteroatoms. The molecule has 1 heterocycles. The van der Waals surface area contributed by atoms with Gasteiger partial charge in [-0.1, -0.05) is 66.7 Å². The summed E-state index contributed by atoms with van der Waals surface area (Å²) in [5.41, 5.74) is 2.70. The van der Waals surface area contributed by atoms with E-state index < -0.39 is 14.7 Å². The molecule has 0 radical (unpaired) electrons. The lowest BCUT2D eigenvalue weighted by Crippen LogP contribution is -2.03. The first-order valence-electron chi connectivity index (χ1n) is 12.0. The van der Waals surface area contributed by atoms with Gasteiger partial charge in [0.1, 0.15) is 34.8 Å². The summed E-state index contributed by atoms with van der Waals surface area (Å²) in [6.45, 7) is 0.0369. The molecule has 0 bridgehead atoms. The van der Waals surface area contributed by atoms with E-state index in [9.17, 15) is 18.1 Å². The van der Waals surface area contributed by atoms with Crippen molar-refractivity contribution < 1.29 is 17.5 Å². The highest BCUT2D eigenvalue weighted by atomic mass is 32.2. The van der Waals surface area contributed by atoms with Crippen molar-refractivity contribution in [1.82, 2.24) is 9.78 Å². The Kier molecular flexibility index (Phi) is 7.34. The van der Waals surface area contributed by atoms with Crippen LogP contribution < -0.4 is 4.74 Å². The van der Waals surface area contributed by atoms with Gasteiger partial charge >= 0.3 is 0 Å². The molecule has 0 spiro atoms. The zero-order valence-electron chi connectivity index (χ0n) is 20.6. The zero-order valence-corrected chi connectivity index (χ0v) is 21.4. The Morgan fingerprint density at radius 1 is 0.923 bits per heavy atom. The fraction of sp³-hybridized carbons (Fsp3) is 0.0323. The third-order valence-electron chi connectivity index (χ3n) is 5.96. The predicted molar refractivity (Wildman–Crippen MR) is 147 cm³/mol. The molecular weight excluding hydrogens is 513 g/mol. The lowest BCUT2D eigenvalue weighted by Gasteiger charge is -2.09. The van der Waals surface area contributed by atoms with Crippen molar-refractivity contribution in [2.24, 2.45) is 0 Å². The number of nitriles is 1. The van der Waals surface area contributed by atoms with Gasteiger partial charge in [0.25, 0.3) is 0 Å². The van der Waals surface area contributed by atoms with Crippen LogP contribution in [0.25, 0.3) is 23.0 Å². The van der Waals surface area contributed by atoms with E-state index in [-0.39, 0.29) is 17.3 Å². The van der Waals surface area contributed by atoms with E-state index in [1.54, 1.807) is 65.5 Å². The molecule has 39 heavy (non-hydrogen) atoms. The van der Waals surface area contributed by atoms with Gasteiger partial charge in [-0.15, -0.1) is 0 Å². The highest BCUT2D eigenvalue weighted by Crippen LogP contribution is 2.30. The van der Waals surface area contributed by atoms with Gasteiger partial charge in [-0.25, -0.2) is 17.5 Å². The first kappa shape index (κ1) is 25.6. The molecule has 6 nitrogen and oxygen atoms in total. The van der Waals surface area contributed by atoms with Crippen molar-refractivity contribution in [3.63, 3.8) is 0 Å². The molecule has 5 aromatic rings. The van der Waals surface area contributed by atoms with Crippen molar-refractivity contribution in [3.05, 3.63) is 137 Å². The monoisotopic (exact) mass is 535 g/mol. The maximum atomic E-state index is 14.1. The minimum atomic E-state index is -4.05. The van der Waals surface area contributed by atoms with E-state index in [1.165, 1.54) is 24.3 Å². The van der Waals surface area contributed by atoms with E-state index in [0.717, 1.165) is 5.69 Å². The summed E-state index contributed by atoms with van der Waals surface area (Å²) < 4.78 is 48.0. The van der Waals surface area contributed by atoms with E-state index in [2.05, 4.69) is 0 Å². The summed E-state index contributed by atoms with van der Waals surface area (Å²) in [6, 6.07) is 32.5. The number of ether oxygens (including phenoxy) is 1. The first-order chi connectivity index (χ1) is 19.0. The number of allylic oxidation sites excluding steroid dienone is 1. The second-order valence-electron chi connectivity index (χ2n) is 8.56. The Hall–Kier alpha value is -5.00. The normalized spacial score (nSPS) is 11.6. The summed E-state index contributed by atoms with van der Waals surface area (Å²) in [7, 11) is -4.05. The molecule has 1 aromatic heterocycles. The zero-order chi connectivity index (χ0) is 27.2. The third-order valence-corrected chi connectivity index (χ3v) is 7.64. The number of aromatic nitrogens is 2. The quantitative estimate of drug-likeness (QED) is 0.209. The summed E-state index contributed by atoms with van der Waals surface area (Å²) >= 11 is 0. The topological polar surface area (TPSA) is 85.0 Å². The number of hydrogen-bond acceptors (Lipinski definition) is 5. The van der Waals surface area contributed by atoms with Crippen LogP contribution in [0.5, 0.6) is 5.75 Å². The Bertz CT molecular complexity index is 1790.